The first-order chi connectivity index (χ1) is 15.3. The molecule has 1 fully saturated rings. The number of anilines is 2. The van der Waals surface area contributed by atoms with Gasteiger partial charge in [-0.3, -0.25) is 4.79 Å². The number of ether oxygens (including phenoxy) is 1. The van der Waals surface area contributed by atoms with Gasteiger partial charge >= 0.3 is 0 Å². The third kappa shape index (κ3) is 4.21. The van der Waals surface area contributed by atoms with E-state index in [1.807, 2.05) is 53.2 Å². The van der Waals surface area contributed by atoms with Crippen molar-refractivity contribution in [3.8, 4) is 5.69 Å². The van der Waals surface area contributed by atoms with E-state index in [2.05, 4.69) is 16.3 Å². The summed E-state index contributed by atoms with van der Waals surface area (Å²) in [5.41, 5.74) is 5.74. The average Bonchev–Trinajstić information content (AvgIpc) is 3.01. The van der Waals surface area contributed by atoms with E-state index in [-0.39, 0.29) is 5.91 Å². The van der Waals surface area contributed by atoms with Gasteiger partial charge in [-0.2, -0.15) is 5.10 Å². The second-order valence-corrected chi connectivity index (χ2v) is 8.19. The summed E-state index contributed by atoms with van der Waals surface area (Å²) in [5.74, 6) is -0.132. The van der Waals surface area contributed by atoms with Crippen molar-refractivity contribution in [3.63, 3.8) is 0 Å². The number of rotatable bonds is 4. The summed E-state index contributed by atoms with van der Waals surface area (Å²) in [4.78, 5) is 15.6. The number of benzene rings is 2. The summed E-state index contributed by atoms with van der Waals surface area (Å²) in [7, 11) is 0. The van der Waals surface area contributed by atoms with Crippen molar-refractivity contribution in [1.29, 1.82) is 0 Å². The van der Waals surface area contributed by atoms with Gasteiger partial charge in [0.25, 0.3) is 5.91 Å². The zero-order chi connectivity index (χ0) is 21.0. The molecule has 1 aromatic heterocycles. The molecular weight excluding hydrogens is 388 g/mol. The molecule has 1 amide bonds. The first-order valence-electron chi connectivity index (χ1n) is 11.2. The van der Waals surface area contributed by atoms with Gasteiger partial charge in [-0.05, 0) is 56.0 Å². The van der Waals surface area contributed by atoms with E-state index >= 15 is 0 Å². The summed E-state index contributed by atoms with van der Waals surface area (Å²) in [5, 5.41) is 7.89. The standard InChI is InChI=1S/C25H28N4O2/c30-25(26-19-8-7-11-21(18-19)28-14-16-31-17-15-28)24-22-12-5-2-6-13-23(22)29(27-24)20-9-3-1-4-10-20/h1,3-4,7-11,18H,2,5-6,12-17H2,(H,26,30). The van der Waals surface area contributed by atoms with Gasteiger partial charge in [-0.25, -0.2) is 4.68 Å². The maximum absolute atomic E-state index is 13.3. The van der Waals surface area contributed by atoms with Crippen molar-refractivity contribution in [2.75, 3.05) is 36.5 Å². The van der Waals surface area contributed by atoms with Crippen LogP contribution in [0.3, 0.4) is 0 Å². The predicted molar refractivity (Wildman–Crippen MR) is 122 cm³/mol. The Morgan fingerprint density at radius 2 is 1.68 bits per heavy atom. The van der Waals surface area contributed by atoms with Gasteiger partial charge in [0.2, 0.25) is 0 Å². The van der Waals surface area contributed by atoms with Crippen LogP contribution in [-0.4, -0.2) is 42.0 Å². The second-order valence-electron chi connectivity index (χ2n) is 8.19. The molecule has 1 N–H and O–H groups in total. The topological polar surface area (TPSA) is 59.4 Å². The number of aromatic nitrogens is 2. The largest absolute Gasteiger partial charge is 0.378 e. The molecule has 6 nitrogen and oxygen atoms in total. The molecule has 1 saturated heterocycles. The number of para-hydroxylation sites is 1. The lowest BCUT2D eigenvalue weighted by atomic mass is 10.1. The fourth-order valence-electron chi connectivity index (χ4n) is 4.53. The van der Waals surface area contributed by atoms with Crippen LogP contribution in [-0.2, 0) is 17.6 Å². The Balaban J connectivity index is 1.44. The monoisotopic (exact) mass is 416 g/mol. The minimum absolute atomic E-state index is 0.132. The maximum Gasteiger partial charge on any atom is 0.276 e. The normalized spacial score (nSPS) is 16.5. The van der Waals surface area contributed by atoms with Gasteiger partial charge in [0.15, 0.2) is 5.69 Å². The van der Waals surface area contributed by atoms with Crippen LogP contribution in [0.2, 0.25) is 0 Å². The highest BCUT2D eigenvalue weighted by Crippen LogP contribution is 2.27. The summed E-state index contributed by atoms with van der Waals surface area (Å²) < 4.78 is 7.43. The summed E-state index contributed by atoms with van der Waals surface area (Å²) in [6.07, 6.45) is 5.27. The van der Waals surface area contributed by atoms with Crippen LogP contribution in [0.4, 0.5) is 11.4 Å². The fraction of sp³-hybridized carbons (Fsp3) is 0.360. The predicted octanol–water partition coefficient (Wildman–Crippen LogP) is 4.23. The van der Waals surface area contributed by atoms with Crippen LogP contribution in [0, 0.1) is 0 Å². The number of hydrogen-bond acceptors (Lipinski definition) is 4. The Morgan fingerprint density at radius 1 is 0.903 bits per heavy atom. The number of nitrogens with one attached hydrogen (secondary N) is 1. The first kappa shape index (κ1) is 19.8. The highest BCUT2D eigenvalue weighted by Gasteiger charge is 2.25. The Bertz CT molecular complexity index is 1050. The van der Waals surface area contributed by atoms with Gasteiger partial charge in [-0.1, -0.05) is 30.7 Å². The number of nitrogens with zero attached hydrogens (tertiary/aromatic N) is 3. The van der Waals surface area contributed by atoms with Crippen LogP contribution < -0.4 is 10.2 Å². The lowest BCUT2D eigenvalue weighted by molar-refractivity contribution is 0.102. The molecule has 3 aromatic rings. The maximum atomic E-state index is 13.3. The van der Waals surface area contributed by atoms with E-state index in [1.54, 1.807) is 0 Å². The van der Waals surface area contributed by atoms with E-state index in [4.69, 9.17) is 9.84 Å². The number of hydrogen-bond donors (Lipinski definition) is 1. The Morgan fingerprint density at radius 3 is 2.52 bits per heavy atom. The SMILES string of the molecule is O=C(Nc1cccc(N2CCOCC2)c1)c1nn(-c2ccccc2)c2c1CCCCC2. The number of carbonyl (C=O) groups excluding carboxylic acids is 1. The number of carbonyl (C=O) groups is 1. The van der Waals surface area contributed by atoms with Crippen LogP contribution in [0.5, 0.6) is 0 Å². The lowest BCUT2D eigenvalue weighted by Gasteiger charge is -2.29. The van der Waals surface area contributed by atoms with Gasteiger partial charge in [0.05, 0.1) is 18.9 Å². The van der Waals surface area contributed by atoms with Crippen LogP contribution in [0.15, 0.2) is 54.6 Å². The molecule has 1 aliphatic heterocycles. The van der Waals surface area contributed by atoms with Crippen molar-refractivity contribution in [2.24, 2.45) is 0 Å². The van der Waals surface area contributed by atoms with E-state index in [9.17, 15) is 4.79 Å². The van der Waals surface area contributed by atoms with Crippen LogP contribution in [0.25, 0.3) is 5.69 Å². The lowest BCUT2D eigenvalue weighted by Crippen LogP contribution is -2.36. The zero-order valence-corrected chi connectivity index (χ0v) is 17.7. The van der Waals surface area contributed by atoms with Crippen molar-refractivity contribution < 1.29 is 9.53 Å². The molecule has 1 aliphatic carbocycles. The molecule has 6 heteroatoms. The summed E-state index contributed by atoms with van der Waals surface area (Å²) >= 11 is 0. The van der Waals surface area contributed by atoms with Crippen LogP contribution >= 0.6 is 0 Å². The fourth-order valence-corrected chi connectivity index (χ4v) is 4.53. The molecule has 31 heavy (non-hydrogen) atoms. The average molecular weight is 417 g/mol. The Hall–Kier alpha value is -3.12. The third-order valence-electron chi connectivity index (χ3n) is 6.13. The van der Waals surface area contributed by atoms with Crippen molar-refractivity contribution in [2.45, 2.75) is 32.1 Å². The quantitative estimate of drug-likeness (QED) is 0.647. The summed E-state index contributed by atoms with van der Waals surface area (Å²) in [6.45, 7) is 3.21. The number of fused-ring (bicyclic) bond motifs is 1. The molecule has 0 spiro atoms. The smallest absolute Gasteiger partial charge is 0.276 e. The van der Waals surface area contributed by atoms with E-state index in [0.717, 1.165) is 74.6 Å². The van der Waals surface area contributed by atoms with Gasteiger partial charge < -0.3 is 15.0 Å². The molecule has 160 valence electrons. The first-order valence-corrected chi connectivity index (χ1v) is 11.2. The molecule has 5 rings (SSSR count). The molecule has 0 atom stereocenters. The van der Waals surface area contributed by atoms with Gasteiger partial charge in [0.1, 0.15) is 0 Å². The third-order valence-corrected chi connectivity index (χ3v) is 6.13. The molecule has 0 unspecified atom stereocenters. The molecule has 2 aromatic carbocycles. The summed E-state index contributed by atoms with van der Waals surface area (Å²) in [6, 6.07) is 18.2. The highest BCUT2D eigenvalue weighted by molar-refractivity contribution is 6.04. The second kappa shape index (κ2) is 8.94. The molecule has 2 heterocycles. The number of amides is 1. The molecule has 0 bridgehead atoms. The van der Waals surface area contributed by atoms with E-state index < -0.39 is 0 Å². The Kier molecular flexibility index (Phi) is 5.71. The van der Waals surface area contributed by atoms with Gasteiger partial charge in [-0.15, -0.1) is 0 Å². The van der Waals surface area contributed by atoms with E-state index in [1.165, 1.54) is 12.1 Å². The zero-order valence-electron chi connectivity index (χ0n) is 17.7. The highest BCUT2D eigenvalue weighted by atomic mass is 16.5. The van der Waals surface area contributed by atoms with Crippen LogP contribution in [0.1, 0.15) is 41.0 Å². The van der Waals surface area contributed by atoms with Crippen molar-refractivity contribution >= 4 is 17.3 Å². The molecular formula is C25H28N4O2. The van der Waals surface area contributed by atoms with Crippen molar-refractivity contribution in [3.05, 3.63) is 71.5 Å². The molecule has 2 aliphatic rings. The van der Waals surface area contributed by atoms with Crippen molar-refractivity contribution in [1.82, 2.24) is 9.78 Å². The minimum atomic E-state index is -0.132. The molecule has 0 radical (unpaired) electrons. The van der Waals surface area contributed by atoms with E-state index in [0.29, 0.717) is 5.69 Å². The Labute approximate surface area is 182 Å². The minimum Gasteiger partial charge on any atom is -0.378 e. The number of morpholine rings is 1. The molecule has 0 saturated carbocycles. The van der Waals surface area contributed by atoms with Gasteiger partial charge in [0, 0.05) is 35.7 Å².